The normalized spacial score (nSPS) is 16.0. The van der Waals surface area contributed by atoms with E-state index < -0.39 is 0 Å². The van der Waals surface area contributed by atoms with Crippen molar-refractivity contribution in [2.24, 2.45) is 0 Å². The molecular formula is C19H24N2O2S. The molecule has 0 saturated carbocycles. The fourth-order valence-electron chi connectivity index (χ4n) is 3.06. The van der Waals surface area contributed by atoms with Crippen molar-refractivity contribution in [3.05, 3.63) is 51.7 Å². The summed E-state index contributed by atoms with van der Waals surface area (Å²) in [6.07, 6.45) is 1.02. The molecule has 1 saturated heterocycles. The van der Waals surface area contributed by atoms with Gasteiger partial charge in [0.05, 0.1) is 12.0 Å². The molecule has 0 unspecified atom stereocenters. The van der Waals surface area contributed by atoms with E-state index in [0.29, 0.717) is 0 Å². The van der Waals surface area contributed by atoms with Crippen molar-refractivity contribution in [3.63, 3.8) is 0 Å². The molecule has 5 heteroatoms. The van der Waals surface area contributed by atoms with Crippen LogP contribution in [0.5, 0.6) is 5.75 Å². The van der Waals surface area contributed by atoms with Gasteiger partial charge in [-0.3, -0.25) is 9.69 Å². The van der Waals surface area contributed by atoms with Gasteiger partial charge in [0, 0.05) is 32.7 Å². The van der Waals surface area contributed by atoms with Crippen molar-refractivity contribution in [1.29, 1.82) is 0 Å². The largest absolute Gasteiger partial charge is 0.497 e. The lowest BCUT2D eigenvalue weighted by Crippen LogP contribution is -2.35. The van der Waals surface area contributed by atoms with E-state index in [2.05, 4.69) is 17.0 Å². The van der Waals surface area contributed by atoms with Crippen molar-refractivity contribution < 1.29 is 9.53 Å². The number of amides is 1. The minimum Gasteiger partial charge on any atom is -0.497 e. The maximum absolute atomic E-state index is 12.7. The summed E-state index contributed by atoms with van der Waals surface area (Å²) in [5.41, 5.74) is 2.37. The van der Waals surface area contributed by atoms with Gasteiger partial charge < -0.3 is 9.64 Å². The quantitative estimate of drug-likeness (QED) is 0.852. The molecule has 0 atom stereocenters. The van der Waals surface area contributed by atoms with Gasteiger partial charge in [0.1, 0.15) is 5.75 Å². The number of hydrogen-bond donors (Lipinski definition) is 0. The summed E-state index contributed by atoms with van der Waals surface area (Å²) in [4.78, 5) is 18.0. The molecule has 4 nitrogen and oxygen atoms in total. The number of hydrogen-bond acceptors (Lipinski definition) is 4. The Hall–Kier alpha value is -1.85. The molecule has 24 heavy (non-hydrogen) atoms. The number of ether oxygens (including phenoxy) is 1. The molecule has 1 aromatic carbocycles. The summed E-state index contributed by atoms with van der Waals surface area (Å²) < 4.78 is 5.21. The molecule has 0 spiro atoms. The Bertz CT molecular complexity index is 681. The van der Waals surface area contributed by atoms with Crippen molar-refractivity contribution in [2.45, 2.75) is 19.9 Å². The smallest absolute Gasteiger partial charge is 0.264 e. The van der Waals surface area contributed by atoms with Crippen molar-refractivity contribution in [1.82, 2.24) is 9.80 Å². The molecular weight excluding hydrogens is 320 g/mol. The number of thiophene rings is 1. The number of aryl methyl sites for hydroxylation is 1. The maximum Gasteiger partial charge on any atom is 0.264 e. The monoisotopic (exact) mass is 344 g/mol. The number of rotatable bonds is 4. The van der Waals surface area contributed by atoms with Crippen LogP contribution in [-0.4, -0.2) is 49.0 Å². The molecule has 1 aliphatic heterocycles. The van der Waals surface area contributed by atoms with Crippen LogP contribution in [-0.2, 0) is 6.54 Å². The molecule has 128 valence electrons. The second kappa shape index (κ2) is 7.81. The average molecular weight is 344 g/mol. The zero-order chi connectivity index (χ0) is 16.9. The predicted octanol–water partition coefficient (Wildman–Crippen LogP) is 3.41. The molecule has 1 aromatic heterocycles. The highest BCUT2D eigenvalue weighted by atomic mass is 32.1. The van der Waals surface area contributed by atoms with Crippen LogP contribution in [0.1, 0.15) is 27.2 Å². The molecule has 1 fully saturated rings. The van der Waals surface area contributed by atoms with Gasteiger partial charge in [-0.15, -0.1) is 11.3 Å². The molecule has 1 amide bonds. The Labute approximate surface area is 147 Å². The van der Waals surface area contributed by atoms with E-state index in [1.165, 1.54) is 5.56 Å². The van der Waals surface area contributed by atoms with Crippen molar-refractivity contribution in [3.8, 4) is 5.75 Å². The zero-order valence-electron chi connectivity index (χ0n) is 14.3. The molecule has 0 N–H and O–H groups in total. The number of carbonyl (C=O) groups is 1. The molecule has 3 rings (SSSR count). The van der Waals surface area contributed by atoms with Gasteiger partial charge in [0.15, 0.2) is 0 Å². The topological polar surface area (TPSA) is 32.8 Å². The summed E-state index contributed by atoms with van der Waals surface area (Å²) in [6.45, 7) is 6.52. The van der Waals surface area contributed by atoms with Gasteiger partial charge in [-0.1, -0.05) is 12.1 Å². The molecule has 2 aromatic rings. The highest BCUT2D eigenvalue weighted by Crippen LogP contribution is 2.19. The SMILES string of the molecule is COc1ccc(CN2CCCN(C(=O)c3sccc3C)CC2)cc1. The highest BCUT2D eigenvalue weighted by Gasteiger charge is 2.22. The number of methoxy groups -OCH3 is 1. The molecule has 0 aliphatic carbocycles. The summed E-state index contributed by atoms with van der Waals surface area (Å²) >= 11 is 1.55. The number of benzene rings is 1. The van der Waals surface area contributed by atoms with Gasteiger partial charge >= 0.3 is 0 Å². The van der Waals surface area contributed by atoms with Gasteiger partial charge in [0.2, 0.25) is 0 Å². The Morgan fingerprint density at radius 2 is 1.92 bits per heavy atom. The first-order valence-corrected chi connectivity index (χ1v) is 9.24. The van der Waals surface area contributed by atoms with Crippen LogP contribution >= 0.6 is 11.3 Å². The lowest BCUT2D eigenvalue weighted by atomic mass is 10.2. The zero-order valence-corrected chi connectivity index (χ0v) is 15.1. The molecule has 1 aliphatic rings. The molecule has 2 heterocycles. The summed E-state index contributed by atoms with van der Waals surface area (Å²) in [7, 11) is 1.69. The van der Waals surface area contributed by atoms with Crippen LogP contribution in [0.15, 0.2) is 35.7 Å². The number of nitrogens with zero attached hydrogens (tertiary/aromatic N) is 2. The van der Waals surface area contributed by atoms with E-state index in [1.807, 2.05) is 35.4 Å². The van der Waals surface area contributed by atoms with Crippen LogP contribution in [0.4, 0.5) is 0 Å². The first-order chi connectivity index (χ1) is 11.7. The minimum absolute atomic E-state index is 0.189. The molecule has 0 bridgehead atoms. The van der Waals surface area contributed by atoms with Crippen molar-refractivity contribution in [2.75, 3.05) is 33.3 Å². The Morgan fingerprint density at radius 3 is 2.58 bits per heavy atom. The van der Waals surface area contributed by atoms with E-state index >= 15 is 0 Å². The lowest BCUT2D eigenvalue weighted by Gasteiger charge is -2.22. The van der Waals surface area contributed by atoms with Gasteiger partial charge in [-0.2, -0.15) is 0 Å². The second-order valence-corrected chi connectivity index (χ2v) is 7.12. The van der Waals surface area contributed by atoms with Gasteiger partial charge in [-0.05, 0) is 48.1 Å². The predicted molar refractivity (Wildman–Crippen MR) is 97.8 cm³/mol. The van der Waals surface area contributed by atoms with E-state index in [0.717, 1.165) is 55.3 Å². The standard InChI is InChI=1S/C19H24N2O2S/c1-15-8-13-24-18(15)19(22)21-10-3-9-20(11-12-21)14-16-4-6-17(23-2)7-5-16/h4-8,13H,3,9-12,14H2,1-2H3. The van der Waals surface area contributed by atoms with Crippen LogP contribution in [0, 0.1) is 6.92 Å². The maximum atomic E-state index is 12.7. The third-order valence-electron chi connectivity index (χ3n) is 4.50. The average Bonchev–Trinajstić information content (AvgIpc) is 2.89. The second-order valence-electron chi connectivity index (χ2n) is 6.20. The van der Waals surface area contributed by atoms with E-state index in [9.17, 15) is 4.79 Å². The van der Waals surface area contributed by atoms with Crippen molar-refractivity contribution >= 4 is 17.2 Å². The Kier molecular flexibility index (Phi) is 5.53. The Morgan fingerprint density at radius 1 is 1.12 bits per heavy atom. The minimum atomic E-state index is 0.189. The van der Waals surface area contributed by atoms with Crippen LogP contribution in [0.2, 0.25) is 0 Å². The van der Waals surface area contributed by atoms with E-state index in [4.69, 9.17) is 4.74 Å². The highest BCUT2D eigenvalue weighted by molar-refractivity contribution is 7.12. The van der Waals surface area contributed by atoms with Crippen LogP contribution in [0.3, 0.4) is 0 Å². The summed E-state index contributed by atoms with van der Waals surface area (Å²) in [6, 6.07) is 10.3. The van der Waals surface area contributed by atoms with E-state index in [-0.39, 0.29) is 5.91 Å². The fourth-order valence-corrected chi connectivity index (χ4v) is 3.95. The first kappa shape index (κ1) is 17.0. The molecule has 0 radical (unpaired) electrons. The van der Waals surface area contributed by atoms with Crippen LogP contribution < -0.4 is 4.74 Å². The summed E-state index contributed by atoms with van der Waals surface area (Å²) in [5, 5.41) is 2.00. The van der Waals surface area contributed by atoms with E-state index in [1.54, 1.807) is 18.4 Å². The van der Waals surface area contributed by atoms with Gasteiger partial charge in [0.25, 0.3) is 5.91 Å². The Balaban J connectivity index is 1.58. The van der Waals surface area contributed by atoms with Gasteiger partial charge in [-0.25, -0.2) is 0 Å². The van der Waals surface area contributed by atoms with Crippen LogP contribution in [0.25, 0.3) is 0 Å². The lowest BCUT2D eigenvalue weighted by molar-refractivity contribution is 0.0765. The number of carbonyl (C=O) groups excluding carboxylic acids is 1. The first-order valence-electron chi connectivity index (χ1n) is 8.36. The fraction of sp³-hybridized carbons (Fsp3) is 0.421. The third kappa shape index (κ3) is 3.97. The third-order valence-corrected chi connectivity index (χ3v) is 5.50. The summed E-state index contributed by atoms with van der Waals surface area (Å²) in [5.74, 6) is 1.08.